The third-order valence-electron chi connectivity index (χ3n) is 2.84. The summed E-state index contributed by atoms with van der Waals surface area (Å²) in [6, 6.07) is 17.5. The SMILES string of the molecule is O=S(O)Oc1ccc2cc3ccccc3cc2c1. The molecule has 4 heteroatoms. The van der Waals surface area contributed by atoms with E-state index in [0.29, 0.717) is 5.75 Å². The van der Waals surface area contributed by atoms with Crippen LogP contribution in [0.2, 0.25) is 0 Å². The summed E-state index contributed by atoms with van der Waals surface area (Å²) in [5.74, 6) is 0.388. The lowest BCUT2D eigenvalue weighted by molar-refractivity contribution is 0.458. The summed E-state index contributed by atoms with van der Waals surface area (Å²) in [7, 11) is 0. The molecular weight excluding hydrogens is 248 g/mol. The molecule has 0 bridgehead atoms. The Hall–Kier alpha value is -1.91. The Bertz CT molecular complexity index is 752. The van der Waals surface area contributed by atoms with Gasteiger partial charge >= 0.3 is 11.4 Å². The zero-order valence-electron chi connectivity index (χ0n) is 9.37. The van der Waals surface area contributed by atoms with Crippen molar-refractivity contribution in [2.45, 2.75) is 0 Å². The van der Waals surface area contributed by atoms with Crippen LogP contribution in [0.4, 0.5) is 0 Å². The van der Waals surface area contributed by atoms with Gasteiger partial charge in [0.1, 0.15) is 5.75 Å². The van der Waals surface area contributed by atoms with Gasteiger partial charge in [0.2, 0.25) is 0 Å². The predicted octanol–water partition coefficient (Wildman–Crippen LogP) is 3.51. The number of hydrogen-bond acceptors (Lipinski definition) is 2. The molecule has 0 aliphatic rings. The van der Waals surface area contributed by atoms with Crippen LogP contribution in [0.1, 0.15) is 0 Å². The minimum absolute atomic E-state index is 0.388. The Morgan fingerprint density at radius 3 is 2.11 bits per heavy atom. The van der Waals surface area contributed by atoms with E-state index in [0.717, 1.165) is 16.2 Å². The number of benzene rings is 3. The van der Waals surface area contributed by atoms with Crippen molar-refractivity contribution >= 4 is 32.9 Å². The van der Waals surface area contributed by atoms with Gasteiger partial charge in [-0.25, -0.2) is 0 Å². The summed E-state index contributed by atoms with van der Waals surface area (Å²) >= 11 is -2.29. The first-order valence-corrected chi connectivity index (χ1v) is 6.47. The summed E-state index contributed by atoms with van der Waals surface area (Å²) in [4.78, 5) is 0. The highest BCUT2D eigenvalue weighted by atomic mass is 32.2. The molecule has 0 aliphatic carbocycles. The minimum atomic E-state index is -2.29. The molecule has 1 atom stereocenters. The van der Waals surface area contributed by atoms with Gasteiger partial charge in [0, 0.05) is 0 Å². The zero-order chi connectivity index (χ0) is 12.5. The van der Waals surface area contributed by atoms with Crippen LogP contribution in [0.5, 0.6) is 5.75 Å². The van der Waals surface area contributed by atoms with Crippen LogP contribution in [-0.4, -0.2) is 8.76 Å². The van der Waals surface area contributed by atoms with Crippen molar-refractivity contribution in [1.29, 1.82) is 0 Å². The maximum absolute atomic E-state index is 10.6. The van der Waals surface area contributed by atoms with Gasteiger partial charge in [0.05, 0.1) is 0 Å². The van der Waals surface area contributed by atoms with E-state index in [9.17, 15) is 4.21 Å². The van der Waals surface area contributed by atoms with Gasteiger partial charge in [0.25, 0.3) is 0 Å². The standard InChI is InChI=1S/C14H10O3S/c15-18(16)17-14-6-5-12-7-10-3-1-2-4-11(10)8-13(12)9-14/h1-9H,(H,15,16). The molecule has 0 fully saturated rings. The molecule has 18 heavy (non-hydrogen) atoms. The second-order valence-corrected chi connectivity index (χ2v) is 4.61. The van der Waals surface area contributed by atoms with E-state index in [1.165, 1.54) is 5.39 Å². The van der Waals surface area contributed by atoms with Gasteiger partial charge in [-0.1, -0.05) is 30.3 Å². The molecule has 0 amide bonds. The first kappa shape index (κ1) is 11.2. The Morgan fingerprint density at radius 2 is 1.44 bits per heavy atom. The number of rotatable bonds is 2. The lowest BCUT2D eigenvalue weighted by atomic mass is 10.0. The van der Waals surface area contributed by atoms with Gasteiger partial charge in [-0.2, -0.15) is 4.21 Å². The van der Waals surface area contributed by atoms with Crippen molar-refractivity contribution in [2.75, 3.05) is 0 Å². The lowest BCUT2D eigenvalue weighted by Gasteiger charge is -2.04. The van der Waals surface area contributed by atoms with E-state index in [1.807, 2.05) is 30.3 Å². The van der Waals surface area contributed by atoms with Crippen molar-refractivity contribution in [3.05, 3.63) is 54.6 Å². The van der Waals surface area contributed by atoms with Gasteiger partial charge < -0.3 is 4.18 Å². The van der Waals surface area contributed by atoms with Crippen molar-refractivity contribution in [3.8, 4) is 5.75 Å². The van der Waals surface area contributed by atoms with Gasteiger partial charge in [0.15, 0.2) is 0 Å². The molecule has 0 radical (unpaired) electrons. The van der Waals surface area contributed by atoms with E-state index < -0.39 is 11.4 Å². The van der Waals surface area contributed by atoms with E-state index in [2.05, 4.69) is 12.1 Å². The molecule has 3 aromatic rings. The molecule has 0 saturated carbocycles. The average molecular weight is 258 g/mol. The quantitative estimate of drug-likeness (QED) is 0.565. The molecule has 90 valence electrons. The molecule has 3 aromatic carbocycles. The zero-order valence-corrected chi connectivity index (χ0v) is 10.2. The topological polar surface area (TPSA) is 46.5 Å². The highest BCUT2D eigenvalue weighted by molar-refractivity contribution is 7.74. The third-order valence-corrected chi connectivity index (χ3v) is 3.18. The second-order valence-electron chi connectivity index (χ2n) is 4.01. The van der Waals surface area contributed by atoms with Gasteiger partial charge in [-0.05, 0) is 45.8 Å². The summed E-state index contributed by atoms with van der Waals surface area (Å²) in [6.45, 7) is 0. The van der Waals surface area contributed by atoms with E-state index in [1.54, 1.807) is 12.1 Å². The van der Waals surface area contributed by atoms with E-state index in [4.69, 9.17) is 8.74 Å². The largest absolute Gasteiger partial charge is 0.380 e. The molecule has 3 rings (SSSR count). The van der Waals surface area contributed by atoms with Gasteiger partial charge in [-0.15, -0.1) is 0 Å². The van der Waals surface area contributed by atoms with Crippen LogP contribution in [-0.2, 0) is 11.4 Å². The molecule has 1 N–H and O–H groups in total. The number of fused-ring (bicyclic) bond motifs is 2. The predicted molar refractivity (Wildman–Crippen MR) is 72.9 cm³/mol. The van der Waals surface area contributed by atoms with Crippen molar-refractivity contribution in [2.24, 2.45) is 0 Å². The first-order chi connectivity index (χ1) is 8.72. The van der Waals surface area contributed by atoms with Crippen LogP contribution >= 0.6 is 0 Å². The fourth-order valence-electron chi connectivity index (χ4n) is 2.05. The van der Waals surface area contributed by atoms with Crippen LogP contribution in [0.25, 0.3) is 21.5 Å². The Balaban J connectivity index is 2.20. The summed E-state index contributed by atoms with van der Waals surface area (Å²) in [5, 5.41) is 4.36. The molecule has 3 nitrogen and oxygen atoms in total. The monoisotopic (exact) mass is 258 g/mol. The van der Waals surface area contributed by atoms with Crippen molar-refractivity contribution in [1.82, 2.24) is 0 Å². The first-order valence-electron chi connectivity index (χ1n) is 5.44. The molecular formula is C14H10O3S. The van der Waals surface area contributed by atoms with Gasteiger partial charge in [-0.3, -0.25) is 4.55 Å². The van der Waals surface area contributed by atoms with Crippen LogP contribution in [0.3, 0.4) is 0 Å². The molecule has 1 unspecified atom stereocenters. The van der Waals surface area contributed by atoms with Crippen molar-refractivity contribution < 1.29 is 12.9 Å². The normalized spacial score (nSPS) is 12.7. The molecule has 0 saturated heterocycles. The fraction of sp³-hybridized carbons (Fsp3) is 0. The molecule has 0 aromatic heterocycles. The van der Waals surface area contributed by atoms with Crippen LogP contribution in [0, 0.1) is 0 Å². The summed E-state index contributed by atoms with van der Waals surface area (Å²) in [5.41, 5.74) is 0. The van der Waals surface area contributed by atoms with E-state index >= 15 is 0 Å². The molecule has 0 spiro atoms. The minimum Gasteiger partial charge on any atom is -0.380 e. The van der Waals surface area contributed by atoms with E-state index in [-0.39, 0.29) is 0 Å². The molecule has 0 aliphatic heterocycles. The lowest BCUT2D eigenvalue weighted by Crippen LogP contribution is -1.96. The number of hydrogen-bond donors (Lipinski definition) is 1. The Labute approximate surface area is 106 Å². The molecule has 0 heterocycles. The Morgan fingerprint density at radius 1 is 0.833 bits per heavy atom. The second kappa shape index (κ2) is 4.40. The summed E-state index contributed by atoms with van der Waals surface area (Å²) in [6.07, 6.45) is 0. The van der Waals surface area contributed by atoms with Crippen LogP contribution in [0.15, 0.2) is 54.6 Å². The fourth-order valence-corrected chi connectivity index (χ4v) is 2.32. The Kier molecular flexibility index (Phi) is 2.74. The summed E-state index contributed by atoms with van der Waals surface area (Å²) < 4.78 is 24.1. The maximum atomic E-state index is 10.6. The maximum Gasteiger partial charge on any atom is 0.357 e. The third kappa shape index (κ3) is 2.08. The van der Waals surface area contributed by atoms with Crippen LogP contribution < -0.4 is 4.18 Å². The average Bonchev–Trinajstić information content (AvgIpc) is 2.35. The smallest absolute Gasteiger partial charge is 0.357 e. The highest BCUT2D eigenvalue weighted by Crippen LogP contribution is 2.26. The highest BCUT2D eigenvalue weighted by Gasteiger charge is 2.02. The van der Waals surface area contributed by atoms with Crippen molar-refractivity contribution in [3.63, 3.8) is 0 Å².